The minimum Gasteiger partial charge on any atom is -0.0654 e. The Hall–Kier alpha value is 0. The maximum atomic E-state index is 2.30. The number of rotatable bonds is 7. The van der Waals surface area contributed by atoms with Gasteiger partial charge in [-0.1, -0.05) is 84.0 Å². The summed E-state index contributed by atoms with van der Waals surface area (Å²) in [5.41, 5.74) is 0. The van der Waals surface area contributed by atoms with Crippen molar-refractivity contribution in [2.75, 3.05) is 0 Å². The van der Waals surface area contributed by atoms with Crippen molar-refractivity contribution in [2.45, 2.75) is 103 Å². The van der Waals surface area contributed by atoms with Gasteiger partial charge < -0.3 is 0 Å². The van der Waals surface area contributed by atoms with Crippen LogP contribution in [0.15, 0.2) is 0 Å². The molecule has 1 saturated carbocycles. The molecule has 0 unspecified atom stereocenters. The molecule has 0 nitrogen and oxygen atoms in total. The maximum absolute atomic E-state index is 2.30. The Balaban J connectivity index is 1.99. The van der Waals surface area contributed by atoms with Gasteiger partial charge in [0.25, 0.3) is 0 Å². The van der Waals surface area contributed by atoms with E-state index in [4.69, 9.17) is 0 Å². The summed E-state index contributed by atoms with van der Waals surface area (Å²) >= 11 is 0. The highest BCUT2D eigenvalue weighted by Crippen LogP contribution is 2.27. The molecule has 0 aliphatic heterocycles. The predicted molar refractivity (Wildman–Crippen MR) is 78.2 cm³/mol. The molecule has 0 N–H and O–H groups in total. The lowest BCUT2D eigenvalue weighted by Crippen LogP contribution is -1.97. The second-order valence-electron chi connectivity index (χ2n) is 5.89. The Morgan fingerprint density at radius 1 is 0.647 bits per heavy atom. The van der Waals surface area contributed by atoms with Crippen LogP contribution >= 0.6 is 0 Å². The third-order valence-electron chi connectivity index (χ3n) is 4.19. The van der Waals surface area contributed by atoms with Crippen LogP contribution < -0.4 is 0 Å². The second-order valence-corrected chi connectivity index (χ2v) is 5.89. The van der Waals surface area contributed by atoms with Crippen molar-refractivity contribution < 1.29 is 0 Å². The molecule has 101 valence electrons. The third-order valence-corrected chi connectivity index (χ3v) is 4.19. The molecule has 0 heterocycles. The molecule has 1 fully saturated rings. The Labute approximate surface area is 110 Å². The molecule has 0 aromatic rings. The first-order valence-corrected chi connectivity index (χ1v) is 8.27. The fraction of sp³-hybridized carbons (Fsp3) is 0.941. The summed E-state index contributed by atoms with van der Waals surface area (Å²) in [6.45, 7) is 2.30. The topological polar surface area (TPSA) is 0 Å². The van der Waals surface area contributed by atoms with Crippen molar-refractivity contribution in [1.29, 1.82) is 0 Å². The number of unbranched alkanes of at least 4 members (excludes halogenated alkanes) is 5. The average Bonchev–Trinajstić information content (AvgIpc) is 2.47. The van der Waals surface area contributed by atoms with Gasteiger partial charge in [-0.2, -0.15) is 0 Å². The minimum absolute atomic E-state index is 1.37. The predicted octanol–water partition coefficient (Wildman–Crippen LogP) is 6.45. The monoisotopic (exact) mass is 237 g/mol. The summed E-state index contributed by atoms with van der Waals surface area (Å²) in [5.74, 6) is 1.90. The molecule has 0 spiro atoms. The zero-order chi connectivity index (χ0) is 12.2. The van der Waals surface area contributed by atoms with Gasteiger partial charge in [-0.25, -0.2) is 0 Å². The van der Waals surface area contributed by atoms with E-state index in [1.54, 1.807) is 0 Å². The number of hydrogen-bond acceptors (Lipinski definition) is 0. The molecular weight excluding hydrogens is 204 g/mol. The van der Waals surface area contributed by atoms with Crippen molar-refractivity contribution in [2.24, 2.45) is 0 Å². The van der Waals surface area contributed by atoms with Crippen LogP contribution in [-0.2, 0) is 0 Å². The molecule has 0 aromatic heterocycles. The smallest absolute Gasteiger partial charge is 0.0241 e. The molecule has 0 bridgehead atoms. The van der Waals surface area contributed by atoms with E-state index in [0.29, 0.717) is 0 Å². The molecule has 0 heteroatoms. The molecule has 1 aliphatic carbocycles. The summed E-state index contributed by atoms with van der Waals surface area (Å²) in [5, 5.41) is 0. The molecule has 0 atom stereocenters. The molecule has 17 heavy (non-hydrogen) atoms. The van der Waals surface area contributed by atoms with E-state index in [2.05, 4.69) is 6.92 Å². The molecule has 0 saturated heterocycles. The summed E-state index contributed by atoms with van der Waals surface area (Å²) in [4.78, 5) is 0. The van der Waals surface area contributed by atoms with Crippen LogP contribution in [-0.4, -0.2) is 0 Å². The first-order valence-electron chi connectivity index (χ1n) is 8.27. The van der Waals surface area contributed by atoms with Gasteiger partial charge in [0, 0.05) is 0 Å². The van der Waals surface area contributed by atoms with Gasteiger partial charge in [0.1, 0.15) is 0 Å². The summed E-state index contributed by atoms with van der Waals surface area (Å²) in [7, 11) is 0. The van der Waals surface area contributed by atoms with Crippen LogP contribution in [0.25, 0.3) is 0 Å². The second kappa shape index (κ2) is 11.1. The molecule has 1 rings (SSSR count). The minimum atomic E-state index is 1.37. The van der Waals surface area contributed by atoms with Gasteiger partial charge in [-0.3, -0.25) is 0 Å². The quantitative estimate of drug-likeness (QED) is 0.447. The van der Waals surface area contributed by atoms with Crippen molar-refractivity contribution in [3.05, 3.63) is 5.92 Å². The van der Waals surface area contributed by atoms with Crippen LogP contribution in [0, 0.1) is 5.92 Å². The van der Waals surface area contributed by atoms with Gasteiger partial charge in [-0.15, -0.1) is 0 Å². The van der Waals surface area contributed by atoms with Gasteiger partial charge >= 0.3 is 0 Å². The van der Waals surface area contributed by atoms with Gasteiger partial charge in [-0.05, 0) is 25.2 Å². The first-order chi connectivity index (χ1) is 8.43. The average molecular weight is 237 g/mol. The molecular formula is C17H33. The van der Waals surface area contributed by atoms with Gasteiger partial charge in [0.15, 0.2) is 0 Å². The fourth-order valence-corrected chi connectivity index (χ4v) is 2.99. The first kappa shape index (κ1) is 15.1. The lowest BCUT2D eigenvalue weighted by Gasteiger charge is -2.14. The van der Waals surface area contributed by atoms with E-state index >= 15 is 0 Å². The lowest BCUT2D eigenvalue weighted by molar-refractivity contribution is 0.547. The summed E-state index contributed by atoms with van der Waals surface area (Å²) < 4.78 is 0. The highest BCUT2D eigenvalue weighted by molar-refractivity contribution is 4.89. The van der Waals surface area contributed by atoms with Crippen LogP contribution in [0.1, 0.15) is 103 Å². The highest BCUT2D eigenvalue weighted by Gasteiger charge is 2.10. The fourth-order valence-electron chi connectivity index (χ4n) is 2.99. The van der Waals surface area contributed by atoms with Crippen molar-refractivity contribution in [1.82, 2.24) is 0 Å². The van der Waals surface area contributed by atoms with Crippen molar-refractivity contribution in [3.63, 3.8) is 0 Å². The van der Waals surface area contributed by atoms with Crippen LogP contribution in [0.2, 0.25) is 0 Å². The van der Waals surface area contributed by atoms with Crippen molar-refractivity contribution in [3.8, 4) is 0 Å². The zero-order valence-corrected chi connectivity index (χ0v) is 12.1. The van der Waals surface area contributed by atoms with Crippen LogP contribution in [0.5, 0.6) is 0 Å². The maximum Gasteiger partial charge on any atom is -0.0241 e. The Bertz CT molecular complexity index is 140. The molecule has 0 aromatic carbocycles. The third kappa shape index (κ3) is 8.69. The van der Waals surface area contributed by atoms with E-state index < -0.39 is 0 Å². The molecule has 1 radical (unpaired) electrons. The summed E-state index contributed by atoms with van der Waals surface area (Å²) in [6, 6.07) is 0. The largest absolute Gasteiger partial charge is 0.0654 e. The van der Waals surface area contributed by atoms with E-state index in [1.807, 2.05) is 5.92 Å². The van der Waals surface area contributed by atoms with Gasteiger partial charge in [0.2, 0.25) is 0 Å². The van der Waals surface area contributed by atoms with E-state index in [9.17, 15) is 0 Å². The van der Waals surface area contributed by atoms with E-state index in [0.717, 1.165) is 0 Å². The highest BCUT2D eigenvalue weighted by atomic mass is 14.2. The number of hydrogen-bond donors (Lipinski definition) is 0. The molecule has 0 amide bonds. The zero-order valence-electron chi connectivity index (χ0n) is 12.1. The Morgan fingerprint density at radius 2 is 1.18 bits per heavy atom. The Morgan fingerprint density at radius 3 is 1.82 bits per heavy atom. The van der Waals surface area contributed by atoms with Crippen molar-refractivity contribution >= 4 is 0 Å². The van der Waals surface area contributed by atoms with E-state index in [1.165, 1.54) is 96.3 Å². The molecule has 1 aliphatic rings. The normalized spacial score (nSPS) is 19.6. The lowest BCUT2D eigenvalue weighted by atomic mass is 9.91. The van der Waals surface area contributed by atoms with Crippen LogP contribution in [0.4, 0.5) is 0 Å². The SMILES string of the molecule is CCCCCCCC[C]1CCCCCCCC1. The summed E-state index contributed by atoms with van der Waals surface area (Å²) in [6.07, 6.45) is 22.0. The Kier molecular flexibility index (Phi) is 9.84. The standard InChI is InChI=1S/C17H33/c1-2-3-4-5-8-11-14-17-15-12-9-6-7-10-13-16-17/h2-16H2,1H3. The van der Waals surface area contributed by atoms with Crippen LogP contribution in [0.3, 0.4) is 0 Å². The van der Waals surface area contributed by atoms with Gasteiger partial charge in [0.05, 0.1) is 0 Å². The van der Waals surface area contributed by atoms with E-state index in [-0.39, 0.29) is 0 Å².